The number of amides is 2. The van der Waals surface area contributed by atoms with Crippen LogP contribution >= 0.6 is 0 Å². The number of carbonyl (C=O) groups is 2. The Kier molecular flexibility index (Phi) is 8.12. The number of benzene rings is 1. The zero-order chi connectivity index (χ0) is 18.8. The second-order valence-electron chi connectivity index (χ2n) is 6.54. The Labute approximate surface area is 154 Å². The Bertz CT molecular complexity index is 606. The van der Waals surface area contributed by atoms with Gasteiger partial charge in [0.15, 0.2) is 0 Å². The lowest BCUT2D eigenvalue weighted by molar-refractivity contribution is -0.140. The van der Waals surface area contributed by atoms with Crippen LogP contribution in [0.2, 0.25) is 0 Å². The van der Waals surface area contributed by atoms with Crippen molar-refractivity contribution >= 4 is 17.7 Å². The van der Waals surface area contributed by atoms with E-state index in [2.05, 4.69) is 15.4 Å². The number of para-hydroxylation sites is 1. The number of hydrogen-bond acceptors (Lipinski definition) is 3. The maximum atomic E-state index is 14.2. The van der Waals surface area contributed by atoms with Gasteiger partial charge in [0.25, 0.3) is 0 Å². The summed E-state index contributed by atoms with van der Waals surface area (Å²) in [6.45, 7) is 0.458. The topological polar surface area (TPSA) is 67.4 Å². The van der Waals surface area contributed by atoms with Crippen LogP contribution in [0.25, 0.3) is 0 Å². The molecule has 5 nitrogen and oxygen atoms in total. The predicted molar refractivity (Wildman–Crippen MR) is 99.6 cm³/mol. The molecule has 26 heavy (non-hydrogen) atoms. The lowest BCUT2D eigenvalue weighted by Gasteiger charge is -2.20. The number of halogens is 1. The van der Waals surface area contributed by atoms with Gasteiger partial charge < -0.3 is 15.4 Å². The lowest BCUT2D eigenvalue weighted by Crippen LogP contribution is -2.34. The Hall–Kier alpha value is -2.37. The van der Waals surface area contributed by atoms with E-state index < -0.39 is 6.17 Å². The quantitative estimate of drug-likeness (QED) is 0.541. The Morgan fingerprint density at radius 2 is 2.00 bits per heavy atom. The number of carbonyl (C=O) groups excluding carboxylic acids is 2. The van der Waals surface area contributed by atoms with E-state index >= 15 is 0 Å². The minimum absolute atomic E-state index is 0.0959. The fraction of sp³-hybridized carbons (Fsp3) is 0.500. The van der Waals surface area contributed by atoms with Gasteiger partial charge in [0.2, 0.25) is 0 Å². The number of methoxy groups -OCH3 is 1. The number of esters is 1. The molecule has 1 aromatic carbocycles. The number of ether oxygens (including phenoxy) is 1. The van der Waals surface area contributed by atoms with Gasteiger partial charge in [-0.05, 0) is 49.7 Å². The highest BCUT2D eigenvalue weighted by molar-refractivity contribution is 5.89. The van der Waals surface area contributed by atoms with Gasteiger partial charge in [0.05, 0.1) is 7.11 Å². The maximum absolute atomic E-state index is 14.2. The number of hydrogen-bond donors (Lipinski definition) is 2. The first-order valence-corrected chi connectivity index (χ1v) is 9.06. The zero-order valence-electron chi connectivity index (χ0n) is 15.1. The van der Waals surface area contributed by atoms with Crippen LogP contribution in [0.4, 0.5) is 14.9 Å². The third kappa shape index (κ3) is 6.50. The smallest absolute Gasteiger partial charge is 0.319 e. The van der Waals surface area contributed by atoms with E-state index in [1.807, 2.05) is 42.5 Å². The molecule has 0 spiro atoms. The molecule has 6 heteroatoms. The molecule has 2 N–H and O–H groups in total. The van der Waals surface area contributed by atoms with Gasteiger partial charge >= 0.3 is 12.0 Å². The van der Waals surface area contributed by atoms with Gasteiger partial charge in [0.1, 0.15) is 6.17 Å². The normalized spacial score (nSPS) is 22.3. The number of nitrogens with one attached hydrogen (secondary N) is 2. The second-order valence-corrected chi connectivity index (χ2v) is 6.54. The summed E-state index contributed by atoms with van der Waals surface area (Å²) in [6.07, 6.45) is 5.84. The minimum Gasteiger partial charge on any atom is -0.469 e. The third-order valence-corrected chi connectivity index (χ3v) is 4.76. The van der Waals surface area contributed by atoms with Crippen molar-refractivity contribution < 1.29 is 18.7 Å². The Morgan fingerprint density at radius 3 is 2.73 bits per heavy atom. The number of anilines is 1. The van der Waals surface area contributed by atoms with Gasteiger partial charge in [-0.1, -0.05) is 30.4 Å². The van der Waals surface area contributed by atoms with Crippen molar-refractivity contribution in [3.05, 3.63) is 42.5 Å². The first kappa shape index (κ1) is 19.9. The van der Waals surface area contributed by atoms with Gasteiger partial charge in [0, 0.05) is 18.7 Å². The van der Waals surface area contributed by atoms with Crippen molar-refractivity contribution in [1.29, 1.82) is 0 Å². The average Bonchev–Trinajstić information content (AvgIpc) is 3.00. The summed E-state index contributed by atoms with van der Waals surface area (Å²) >= 11 is 0. The first-order chi connectivity index (χ1) is 12.6. The predicted octanol–water partition coefficient (Wildman–Crippen LogP) is 4.07. The van der Waals surface area contributed by atoms with Crippen LogP contribution in [0, 0.1) is 11.8 Å². The lowest BCUT2D eigenvalue weighted by atomic mass is 9.91. The van der Waals surface area contributed by atoms with Gasteiger partial charge in [-0.25, -0.2) is 9.18 Å². The molecule has 0 unspecified atom stereocenters. The number of rotatable bonds is 8. The number of urea groups is 1. The molecule has 1 aromatic rings. The molecule has 1 aliphatic carbocycles. The minimum atomic E-state index is -0.843. The van der Waals surface area contributed by atoms with Gasteiger partial charge in [-0.2, -0.15) is 0 Å². The molecule has 2 rings (SSSR count). The van der Waals surface area contributed by atoms with Crippen LogP contribution in [0.1, 0.15) is 32.1 Å². The molecule has 0 heterocycles. The van der Waals surface area contributed by atoms with E-state index in [-0.39, 0.29) is 23.8 Å². The van der Waals surface area contributed by atoms with Crippen LogP contribution in [0.3, 0.4) is 0 Å². The van der Waals surface area contributed by atoms with Crippen molar-refractivity contribution in [1.82, 2.24) is 5.32 Å². The fourth-order valence-electron chi connectivity index (χ4n) is 3.29. The Balaban J connectivity index is 1.74. The SMILES string of the molecule is COC(=O)CC/C=C\C[C@@H]1[C@@H](CNC(=O)Nc2ccccc2)CC[C@H]1F. The molecular formula is C20H27FN2O3. The highest BCUT2D eigenvalue weighted by Crippen LogP contribution is 2.36. The molecule has 1 aliphatic rings. The van der Waals surface area contributed by atoms with Crippen LogP contribution < -0.4 is 10.6 Å². The molecule has 142 valence electrons. The zero-order valence-corrected chi connectivity index (χ0v) is 15.1. The molecule has 0 radical (unpaired) electrons. The average molecular weight is 362 g/mol. The highest BCUT2D eigenvalue weighted by atomic mass is 19.1. The van der Waals surface area contributed by atoms with E-state index in [4.69, 9.17) is 0 Å². The summed E-state index contributed by atoms with van der Waals surface area (Å²) in [5.74, 6) is -0.219. The molecule has 1 fully saturated rings. The summed E-state index contributed by atoms with van der Waals surface area (Å²) in [5.41, 5.74) is 0.727. The van der Waals surface area contributed by atoms with E-state index in [9.17, 15) is 14.0 Å². The maximum Gasteiger partial charge on any atom is 0.319 e. The fourth-order valence-corrected chi connectivity index (χ4v) is 3.29. The standard InChI is InChI=1S/C20H27FN2O3/c1-26-19(24)11-7-3-6-10-17-15(12-13-18(17)21)14-22-20(25)23-16-8-4-2-5-9-16/h2-6,8-9,15,17-18H,7,10-14H2,1H3,(H2,22,23,25)/b6-3-/t15-,17-,18-/m1/s1. The monoisotopic (exact) mass is 362 g/mol. The van der Waals surface area contributed by atoms with E-state index in [0.29, 0.717) is 32.2 Å². The molecule has 0 aliphatic heterocycles. The van der Waals surface area contributed by atoms with Gasteiger partial charge in [-0.3, -0.25) is 4.79 Å². The summed E-state index contributed by atoms with van der Waals surface area (Å²) in [4.78, 5) is 23.0. The van der Waals surface area contributed by atoms with Crippen molar-refractivity contribution in [2.45, 2.75) is 38.3 Å². The molecule has 3 atom stereocenters. The van der Waals surface area contributed by atoms with Crippen molar-refractivity contribution in [2.24, 2.45) is 11.8 Å². The summed E-state index contributed by atoms with van der Waals surface area (Å²) in [7, 11) is 1.36. The summed E-state index contributed by atoms with van der Waals surface area (Å²) in [5, 5.41) is 5.61. The van der Waals surface area contributed by atoms with Crippen molar-refractivity contribution in [2.75, 3.05) is 19.0 Å². The van der Waals surface area contributed by atoms with E-state index in [0.717, 1.165) is 12.1 Å². The number of allylic oxidation sites excluding steroid dienone is 2. The number of alkyl halides is 1. The molecular weight excluding hydrogens is 335 g/mol. The summed E-state index contributed by atoms with van der Waals surface area (Å²) < 4.78 is 18.7. The van der Waals surface area contributed by atoms with Gasteiger partial charge in [-0.15, -0.1) is 0 Å². The highest BCUT2D eigenvalue weighted by Gasteiger charge is 2.35. The first-order valence-electron chi connectivity index (χ1n) is 9.06. The second kappa shape index (κ2) is 10.6. The molecule has 0 aromatic heterocycles. The van der Waals surface area contributed by atoms with Crippen molar-refractivity contribution in [3.8, 4) is 0 Å². The van der Waals surface area contributed by atoms with Crippen LogP contribution in [-0.4, -0.2) is 31.8 Å². The third-order valence-electron chi connectivity index (χ3n) is 4.76. The van der Waals surface area contributed by atoms with Crippen LogP contribution in [-0.2, 0) is 9.53 Å². The van der Waals surface area contributed by atoms with Crippen LogP contribution in [0.15, 0.2) is 42.5 Å². The molecule has 0 saturated heterocycles. The van der Waals surface area contributed by atoms with Crippen molar-refractivity contribution in [3.63, 3.8) is 0 Å². The summed E-state index contributed by atoms with van der Waals surface area (Å²) in [6, 6.07) is 8.94. The molecule has 2 amide bonds. The Morgan fingerprint density at radius 1 is 1.23 bits per heavy atom. The molecule has 0 bridgehead atoms. The molecule has 1 saturated carbocycles. The van der Waals surface area contributed by atoms with E-state index in [1.54, 1.807) is 0 Å². The van der Waals surface area contributed by atoms with Crippen LogP contribution in [0.5, 0.6) is 0 Å². The largest absolute Gasteiger partial charge is 0.469 e. The van der Waals surface area contributed by atoms with E-state index in [1.165, 1.54) is 7.11 Å².